The number of nitrogens with one attached hydrogen (secondary N) is 1. The molecule has 1 aromatic heterocycles. The molecule has 4 heteroatoms. The molecule has 130 valence electrons. The largest absolute Gasteiger partial charge is 0.385 e. The van der Waals surface area contributed by atoms with Crippen LogP contribution < -0.4 is 5.32 Å². The van der Waals surface area contributed by atoms with Crippen LogP contribution >= 0.6 is 0 Å². The van der Waals surface area contributed by atoms with Gasteiger partial charge in [-0.3, -0.25) is 9.98 Å². The van der Waals surface area contributed by atoms with Crippen LogP contribution in [0.2, 0.25) is 0 Å². The topological polar surface area (TPSA) is 37.3 Å². The van der Waals surface area contributed by atoms with Gasteiger partial charge in [0, 0.05) is 30.9 Å². The summed E-state index contributed by atoms with van der Waals surface area (Å²) in [5.74, 6) is -0.222. The SMILES string of the molecule is C=C(/C=C\C(=NC)c1ccccn1)NCC(C)(C)c1ccc(F)cc1. The van der Waals surface area contributed by atoms with Crippen molar-refractivity contribution in [3.63, 3.8) is 0 Å². The lowest BCUT2D eigenvalue weighted by Crippen LogP contribution is -2.32. The number of allylic oxidation sites excluding steroid dienone is 2. The Balaban J connectivity index is 1.96. The fourth-order valence-electron chi connectivity index (χ4n) is 2.36. The summed E-state index contributed by atoms with van der Waals surface area (Å²) in [5.41, 5.74) is 3.32. The van der Waals surface area contributed by atoms with Crippen molar-refractivity contribution in [3.05, 3.63) is 90.2 Å². The highest BCUT2D eigenvalue weighted by atomic mass is 19.1. The maximum Gasteiger partial charge on any atom is 0.123 e. The highest BCUT2D eigenvalue weighted by Crippen LogP contribution is 2.22. The number of aliphatic imine (C=N–C) groups is 1. The lowest BCUT2D eigenvalue weighted by Gasteiger charge is -2.26. The van der Waals surface area contributed by atoms with Crippen molar-refractivity contribution in [2.24, 2.45) is 4.99 Å². The summed E-state index contributed by atoms with van der Waals surface area (Å²) < 4.78 is 13.1. The third-order valence-corrected chi connectivity index (χ3v) is 3.99. The number of hydrogen-bond acceptors (Lipinski definition) is 3. The van der Waals surface area contributed by atoms with Crippen LogP contribution in [0.1, 0.15) is 25.1 Å². The summed E-state index contributed by atoms with van der Waals surface area (Å²) in [5, 5.41) is 3.32. The second-order valence-corrected chi connectivity index (χ2v) is 6.43. The van der Waals surface area contributed by atoms with Gasteiger partial charge in [-0.2, -0.15) is 0 Å². The average molecular weight is 337 g/mol. The fourth-order valence-corrected chi connectivity index (χ4v) is 2.36. The molecule has 1 heterocycles. The van der Waals surface area contributed by atoms with E-state index in [9.17, 15) is 4.39 Å². The van der Waals surface area contributed by atoms with Gasteiger partial charge in [0.2, 0.25) is 0 Å². The van der Waals surface area contributed by atoms with Gasteiger partial charge in [0.15, 0.2) is 0 Å². The molecule has 3 nitrogen and oxygen atoms in total. The molecule has 2 aromatic rings. The maximum absolute atomic E-state index is 13.1. The third-order valence-electron chi connectivity index (χ3n) is 3.99. The Kier molecular flexibility index (Phi) is 6.23. The summed E-state index contributed by atoms with van der Waals surface area (Å²) >= 11 is 0. The zero-order valence-electron chi connectivity index (χ0n) is 15.0. The molecule has 0 unspecified atom stereocenters. The number of benzene rings is 1. The number of nitrogens with zero attached hydrogens (tertiary/aromatic N) is 2. The van der Waals surface area contributed by atoms with Crippen LogP contribution in [0.25, 0.3) is 0 Å². The van der Waals surface area contributed by atoms with Crippen molar-refractivity contribution in [1.82, 2.24) is 10.3 Å². The number of halogens is 1. The third kappa shape index (κ3) is 5.38. The number of pyridine rings is 1. The van der Waals surface area contributed by atoms with Gasteiger partial charge in [-0.05, 0) is 42.0 Å². The molecule has 0 amide bonds. The molecule has 25 heavy (non-hydrogen) atoms. The number of rotatable bonds is 7. The Morgan fingerprint density at radius 2 is 1.92 bits per heavy atom. The Morgan fingerprint density at radius 3 is 2.52 bits per heavy atom. The van der Waals surface area contributed by atoms with E-state index < -0.39 is 0 Å². The van der Waals surface area contributed by atoms with E-state index in [2.05, 4.69) is 35.7 Å². The van der Waals surface area contributed by atoms with E-state index in [0.29, 0.717) is 6.54 Å². The van der Waals surface area contributed by atoms with Crippen molar-refractivity contribution < 1.29 is 4.39 Å². The smallest absolute Gasteiger partial charge is 0.123 e. The molecule has 0 aliphatic heterocycles. The van der Waals surface area contributed by atoms with Crippen LogP contribution in [-0.2, 0) is 5.41 Å². The average Bonchev–Trinajstić information content (AvgIpc) is 2.62. The van der Waals surface area contributed by atoms with Gasteiger partial charge in [0.05, 0.1) is 11.4 Å². The molecule has 0 fully saturated rings. The number of aromatic nitrogens is 1. The molecule has 0 aliphatic rings. The molecule has 0 saturated heterocycles. The van der Waals surface area contributed by atoms with Crippen LogP contribution in [0, 0.1) is 5.82 Å². The van der Waals surface area contributed by atoms with Crippen LogP contribution in [0.4, 0.5) is 4.39 Å². The second-order valence-electron chi connectivity index (χ2n) is 6.43. The zero-order chi connectivity index (χ0) is 18.3. The molecule has 0 saturated carbocycles. The fraction of sp³-hybridized carbons (Fsp3) is 0.238. The van der Waals surface area contributed by atoms with Crippen LogP contribution in [0.15, 0.2) is 78.1 Å². The summed E-state index contributed by atoms with van der Waals surface area (Å²) in [4.78, 5) is 8.56. The standard InChI is InChI=1S/C21H24FN3/c1-16(8-13-19(23-4)20-7-5-6-14-24-20)25-15-21(2,3)17-9-11-18(22)12-10-17/h5-14,25H,1,15H2,2-4H3/b13-8-,23-19?. The van der Waals surface area contributed by atoms with E-state index >= 15 is 0 Å². The molecule has 0 atom stereocenters. The summed E-state index contributed by atoms with van der Waals surface area (Å²) in [6, 6.07) is 12.3. The van der Waals surface area contributed by atoms with Crippen molar-refractivity contribution >= 4 is 5.71 Å². The minimum atomic E-state index is -0.222. The quantitative estimate of drug-likeness (QED) is 0.605. The van der Waals surface area contributed by atoms with Gasteiger partial charge in [0.25, 0.3) is 0 Å². The van der Waals surface area contributed by atoms with Crippen molar-refractivity contribution in [2.75, 3.05) is 13.6 Å². The van der Waals surface area contributed by atoms with Gasteiger partial charge in [0.1, 0.15) is 5.82 Å². The molecule has 1 N–H and O–H groups in total. The maximum atomic E-state index is 13.1. The Labute approximate surface area is 149 Å². The molecule has 1 aromatic carbocycles. The van der Waals surface area contributed by atoms with E-state index in [1.807, 2.05) is 42.5 Å². The lowest BCUT2D eigenvalue weighted by atomic mass is 9.84. The van der Waals surface area contributed by atoms with Crippen molar-refractivity contribution in [3.8, 4) is 0 Å². The first kappa shape index (κ1) is 18.6. The first-order valence-corrected chi connectivity index (χ1v) is 8.17. The highest BCUT2D eigenvalue weighted by Gasteiger charge is 2.20. The minimum absolute atomic E-state index is 0.146. The summed E-state index contributed by atoms with van der Waals surface area (Å²) in [7, 11) is 1.74. The minimum Gasteiger partial charge on any atom is -0.385 e. The van der Waals surface area contributed by atoms with Crippen LogP contribution in [0.3, 0.4) is 0 Å². The lowest BCUT2D eigenvalue weighted by molar-refractivity contribution is 0.497. The van der Waals surface area contributed by atoms with E-state index in [0.717, 1.165) is 22.7 Å². The molecular formula is C21H24FN3. The van der Waals surface area contributed by atoms with Crippen LogP contribution in [-0.4, -0.2) is 24.3 Å². The molecule has 0 radical (unpaired) electrons. The molecule has 0 bridgehead atoms. The van der Waals surface area contributed by atoms with E-state index in [-0.39, 0.29) is 11.2 Å². The first-order chi connectivity index (χ1) is 11.9. The van der Waals surface area contributed by atoms with Crippen molar-refractivity contribution in [2.45, 2.75) is 19.3 Å². The summed E-state index contributed by atoms with van der Waals surface area (Å²) in [6.07, 6.45) is 5.52. The monoisotopic (exact) mass is 337 g/mol. The van der Waals surface area contributed by atoms with Crippen LogP contribution in [0.5, 0.6) is 0 Å². The van der Waals surface area contributed by atoms with Crippen molar-refractivity contribution in [1.29, 1.82) is 0 Å². The Hall–Kier alpha value is -2.75. The molecular weight excluding hydrogens is 313 g/mol. The van der Waals surface area contributed by atoms with E-state index in [1.165, 1.54) is 12.1 Å². The summed E-state index contributed by atoms with van der Waals surface area (Å²) in [6.45, 7) is 8.93. The van der Waals surface area contributed by atoms with E-state index in [4.69, 9.17) is 0 Å². The molecule has 2 rings (SSSR count). The Bertz CT molecular complexity index is 759. The predicted octanol–water partition coefficient (Wildman–Crippen LogP) is 4.28. The van der Waals surface area contributed by atoms with E-state index in [1.54, 1.807) is 13.2 Å². The highest BCUT2D eigenvalue weighted by molar-refractivity contribution is 6.07. The van der Waals surface area contributed by atoms with Gasteiger partial charge in [-0.25, -0.2) is 4.39 Å². The first-order valence-electron chi connectivity index (χ1n) is 8.17. The zero-order valence-corrected chi connectivity index (χ0v) is 15.0. The number of hydrogen-bond donors (Lipinski definition) is 1. The van der Waals surface area contributed by atoms with Gasteiger partial charge in [-0.15, -0.1) is 0 Å². The normalized spacial score (nSPS) is 12.4. The molecule has 0 spiro atoms. The van der Waals surface area contributed by atoms with Gasteiger partial charge in [-0.1, -0.05) is 38.6 Å². The molecule has 0 aliphatic carbocycles. The van der Waals surface area contributed by atoms with Gasteiger partial charge < -0.3 is 5.32 Å². The van der Waals surface area contributed by atoms with Gasteiger partial charge >= 0.3 is 0 Å². The predicted molar refractivity (Wildman–Crippen MR) is 102 cm³/mol. The Morgan fingerprint density at radius 1 is 1.20 bits per heavy atom. The second kappa shape index (κ2) is 8.38.